The van der Waals surface area contributed by atoms with Gasteiger partial charge in [-0.25, -0.2) is 4.98 Å². The smallest absolute Gasteiger partial charge is 0.287 e. The van der Waals surface area contributed by atoms with Gasteiger partial charge in [-0.3, -0.25) is 14.2 Å². The van der Waals surface area contributed by atoms with E-state index in [0.717, 1.165) is 21.9 Å². The summed E-state index contributed by atoms with van der Waals surface area (Å²) in [6.07, 6.45) is 3.19. The number of hydrogen-bond acceptors (Lipinski definition) is 4. The lowest BCUT2D eigenvalue weighted by Crippen LogP contribution is -2.21. The maximum Gasteiger partial charge on any atom is 0.287 e. The summed E-state index contributed by atoms with van der Waals surface area (Å²) in [7, 11) is 0. The summed E-state index contributed by atoms with van der Waals surface area (Å²) in [6, 6.07) is 16.5. The number of halogens is 1. The van der Waals surface area contributed by atoms with E-state index in [1.807, 2.05) is 42.5 Å². The molecule has 0 fully saturated rings. The maximum atomic E-state index is 12.6. The molecule has 0 atom stereocenters. The Morgan fingerprint density at radius 1 is 1.08 bits per heavy atom. The topological polar surface area (TPSA) is 52.0 Å². The third-order valence-electron chi connectivity index (χ3n) is 3.35. The Hall–Kier alpha value is -2.18. The fraction of sp³-hybridized carbons (Fsp3) is 0.0556. The first-order chi connectivity index (χ1) is 11.6. The van der Waals surface area contributed by atoms with Gasteiger partial charge in [0.2, 0.25) is 0 Å². The first-order valence-electron chi connectivity index (χ1n) is 7.20. The van der Waals surface area contributed by atoms with E-state index in [2.05, 4.69) is 20.9 Å². The van der Waals surface area contributed by atoms with Crippen molar-refractivity contribution in [2.24, 2.45) is 0 Å². The minimum atomic E-state index is -0.231. The predicted molar refractivity (Wildman–Crippen MR) is 99.0 cm³/mol. The summed E-state index contributed by atoms with van der Waals surface area (Å²) in [5.41, 5.74) is 1.15. The summed E-state index contributed by atoms with van der Waals surface area (Å²) < 4.78 is 2.46. The summed E-state index contributed by atoms with van der Waals surface area (Å²) >= 11 is 4.53. The van der Waals surface area contributed by atoms with Gasteiger partial charge in [0.15, 0.2) is 10.8 Å². The molecule has 2 aromatic carbocycles. The molecule has 0 N–H and O–H groups in total. The van der Waals surface area contributed by atoms with Crippen molar-refractivity contribution in [2.75, 3.05) is 5.75 Å². The molecule has 0 aliphatic rings. The maximum absolute atomic E-state index is 12.6. The summed E-state index contributed by atoms with van der Waals surface area (Å²) in [4.78, 5) is 28.8. The van der Waals surface area contributed by atoms with Crippen LogP contribution in [0.25, 0.3) is 5.69 Å². The van der Waals surface area contributed by atoms with Crippen LogP contribution in [-0.2, 0) is 0 Å². The normalized spacial score (nSPS) is 10.5. The van der Waals surface area contributed by atoms with E-state index in [9.17, 15) is 9.59 Å². The Bertz CT molecular complexity index is 908. The molecule has 0 bridgehead atoms. The van der Waals surface area contributed by atoms with Crippen molar-refractivity contribution in [3.63, 3.8) is 0 Å². The fourth-order valence-electron chi connectivity index (χ4n) is 2.14. The molecule has 3 rings (SSSR count). The molecular weight excluding hydrogens is 388 g/mol. The molecule has 0 spiro atoms. The first-order valence-corrected chi connectivity index (χ1v) is 8.97. The highest BCUT2D eigenvalue weighted by atomic mass is 79.9. The highest BCUT2D eigenvalue weighted by molar-refractivity contribution is 9.10. The van der Waals surface area contributed by atoms with Gasteiger partial charge in [-0.2, -0.15) is 0 Å². The van der Waals surface area contributed by atoms with Gasteiger partial charge < -0.3 is 0 Å². The van der Waals surface area contributed by atoms with Crippen molar-refractivity contribution >= 4 is 33.5 Å². The highest BCUT2D eigenvalue weighted by Gasteiger charge is 2.11. The molecular formula is C18H13BrN2O2S. The zero-order valence-corrected chi connectivity index (χ0v) is 15.0. The first kappa shape index (κ1) is 16.7. The number of rotatable bonds is 5. The van der Waals surface area contributed by atoms with E-state index in [1.54, 1.807) is 24.5 Å². The molecule has 0 saturated carbocycles. The molecule has 0 aliphatic carbocycles. The van der Waals surface area contributed by atoms with Crippen LogP contribution in [-0.4, -0.2) is 21.1 Å². The molecule has 3 aromatic rings. The number of Topliss-reactive ketones (excluding diaryl/α,β-unsaturated/α-hetero) is 1. The fourth-order valence-corrected chi connectivity index (χ4v) is 3.19. The van der Waals surface area contributed by atoms with Crippen molar-refractivity contribution in [3.05, 3.63) is 87.4 Å². The van der Waals surface area contributed by atoms with E-state index in [-0.39, 0.29) is 17.1 Å². The second-order valence-corrected chi connectivity index (χ2v) is 6.84. The number of hydrogen-bond donors (Lipinski definition) is 0. The zero-order chi connectivity index (χ0) is 16.9. The van der Waals surface area contributed by atoms with Crippen molar-refractivity contribution in [3.8, 4) is 5.69 Å². The number of benzene rings is 2. The van der Waals surface area contributed by atoms with Crippen LogP contribution in [0.4, 0.5) is 0 Å². The van der Waals surface area contributed by atoms with Gasteiger partial charge in [-0.15, -0.1) is 0 Å². The van der Waals surface area contributed by atoms with Crippen molar-refractivity contribution in [1.82, 2.24) is 9.55 Å². The molecule has 1 aromatic heterocycles. The van der Waals surface area contributed by atoms with Crippen LogP contribution in [0.1, 0.15) is 10.4 Å². The Morgan fingerprint density at radius 3 is 2.50 bits per heavy atom. The molecule has 0 aliphatic heterocycles. The molecule has 0 amide bonds. The Kier molecular flexibility index (Phi) is 5.27. The van der Waals surface area contributed by atoms with Crippen molar-refractivity contribution in [2.45, 2.75) is 5.03 Å². The Morgan fingerprint density at radius 2 is 1.79 bits per heavy atom. The lowest BCUT2D eigenvalue weighted by atomic mass is 10.2. The minimum Gasteiger partial charge on any atom is -0.293 e. The molecule has 4 nitrogen and oxygen atoms in total. The molecule has 24 heavy (non-hydrogen) atoms. The minimum absolute atomic E-state index is 0.0270. The second kappa shape index (κ2) is 7.59. The lowest BCUT2D eigenvalue weighted by molar-refractivity contribution is 0.102. The quantitative estimate of drug-likeness (QED) is 0.480. The van der Waals surface area contributed by atoms with Gasteiger partial charge in [-0.05, 0) is 24.3 Å². The standard InChI is InChI=1S/C18H13BrN2O2S/c19-14-6-8-15(9-7-14)21-11-10-20-17(18(21)23)24-12-16(22)13-4-2-1-3-5-13/h1-11H,12H2. The number of carbonyl (C=O) groups is 1. The van der Waals surface area contributed by atoms with Crippen molar-refractivity contribution < 1.29 is 4.79 Å². The number of aromatic nitrogens is 2. The van der Waals surface area contributed by atoms with Crippen LogP contribution in [0.5, 0.6) is 0 Å². The van der Waals surface area contributed by atoms with E-state index in [4.69, 9.17) is 0 Å². The van der Waals surface area contributed by atoms with Crippen LogP contribution >= 0.6 is 27.7 Å². The number of carbonyl (C=O) groups excluding carboxylic acids is 1. The second-order valence-electron chi connectivity index (χ2n) is 4.96. The van der Waals surface area contributed by atoms with Crippen LogP contribution in [0.3, 0.4) is 0 Å². The monoisotopic (exact) mass is 400 g/mol. The van der Waals surface area contributed by atoms with Gasteiger partial charge in [0, 0.05) is 28.1 Å². The number of ketones is 1. The average Bonchev–Trinajstić information content (AvgIpc) is 2.62. The number of nitrogens with zero attached hydrogens (tertiary/aromatic N) is 2. The van der Waals surface area contributed by atoms with Crippen molar-refractivity contribution in [1.29, 1.82) is 0 Å². The molecule has 0 saturated heterocycles. The van der Waals surface area contributed by atoms with Gasteiger partial charge >= 0.3 is 0 Å². The Labute approximate surface area is 151 Å². The van der Waals surface area contributed by atoms with E-state index in [1.165, 1.54) is 4.57 Å². The van der Waals surface area contributed by atoms with E-state index < -0.39 is 0 Å². The summed E-state index contributed by atoms with van der Waals surface area (Å²) in [6.45, 7) is 0. The molecule has 120 valence electrons. The highest BCUT2D eigenvalue weighted by Crippen LogP contribution is 2.16. The van der Waals surface area contributed by atoms with Crippen LogP contribution < -0.4 is 5.56 Å². The SMILES string of the molecule is O=C(CSc1nccn(-c2ccc(Br)cc2)c1=O)c1ccccc1. The van der Waals surface area contributed by atoms with E-state index >= 15 is 0 Å². The van der Waals surface area contributed by atoms with Crippen LogP contribution in [0.2, 0.25) is 0 Å². The molecule has 0 radical (unpaired) electrons. The van der Waals surface area contributed by atoms with Gasteiger partial charge in [0.1, 0.15) is 0 Å². The van der Waals surface area contributed by atoms with Gasteiger partial charge in [0.05, 0.1) is 5.75 Å². The third kappa shape index (κ3) is 3.83. The molecule has 0 unspecified atom stereocenters. The summed E-state index contributed by atoms with van der Waals surface area (Å²) in [5.74, 6) is 0.150. The van der Waals surface area contributed by atoms with Gasteiger partial charge in [0.25, 0.3) is 5.56 Å². The summed E-state index contributed by atoms with van der Waals surface area (Å²) in [5, 5.41) is 0.310. The van der Waals surface area contributed by atoms with Crippen LogP contribution in [0.15, 0.2) is 81.3 Å². The Balaban J connectivity index is 1.80. The van der Waals surface area contributed by atoms with Gasteiger partial charge in [-0.1, -0.05) is 58.0 Å². The third-order valence-corrected chi connectivity index (χ3v) is 4.84. The lowest BCUT2D eigenvalue weighted by Gasteiger charge is -2.07. The average molecular weight is 401 g/mol. The molecule has 1 heterocycles. The van der Waals surface area contributed by atoms with E-state index in [0.29, 0.717) is 10.6 Å². The zero-order valence-electron chi connectivity index (χ0n) is 12.6. The predicted octanol–water partition coefficient (Wildman–Crippen LogP) is 3.97. The van der Waals surface area contributed by atoms with Crippen LogP contribution in [0, 0.1) is 0 Å². The largest absolute Gasteiger partial charge is 0.293 e. The molecule has 6 heteroatoms. The number of thioether (sulfide) groups is 1.